The second kappa shape index (κ2) is 13.2. The second-order valence-corrected chi connectivity index (χ2v) is 10.2. The molecule has 0 aliphatic heterocycles. The number of carbonyl (C=O) groups is 2. The van der Waals surface area contributed by atoms with E-state index >= 15 is 0 Å². The van der Waals surface area contributed by atoms with Gasteiger partial charge >= 0.3 is 0 Å². The lowest BCUT2D eigenvalue weighted by Gasteiger charge is -2.33. The quantitative estimate of drug-likeness (QED) is 0.404. The molecule has 1 atom stereocenters. The predicted molar refractivity (Wildman–Crippen MR) is 134 cm³/mol. The minimum absolute atomic E-state index is 0.00508. The van der Waals surface area contributed by atoms with Gasteiger partial charge in [0.25, 0.3) is 0 Å². The molecule has 36 heavy (non-hydrogen) atoms. The van der Waals surface area contributed by atoms with E-state index in [2.05, 4.69) is 5.32 Å². The molecule has 0 saturated carbocycles. The molecule has 2 rings (SSSR count). The highest BCUT2D eigenvalue weighted by Gasteiger charge is 2.32. The Morgan fingerprint density at radius 3 is 2.39 bits per heavy atom. The lowest BCUT2D eigenvalue weighted by atomic mass is 10.1. The number of carbonyl (C=O) groups excluding carboxylic acids is 2. The molecule has 0 spiro atoms. The Balaban J connectivity index is 2.44. The molecule has 0 aromatic heterocycles. The number of ether oxygens (including phenoxy) is 1. The highest BCUT2D eigenvalue weighted by atomic mass is 32.2. The zero-order valence-electron chi connectivity index (χ0n) is 21.0. The van der Waals surface area contributed by atoms with Crippen LogP contribution in [-0.4, -0.2) is 57.6 Å². The van der Waals surface area contributed by atoms with Gasteiger partial charge in [-0.2, -0.15) is 0 Å². The minimum Gasteiger partial charge on any atom is -0.497 e. The Bertz CT molecular complexity index is 1160. The standard InChI is InChI=1S/C25H33F2N3O5S/c1-5-7-13-28-25(32)23(6-2)29(16-18-9-8-10-20(14-18)35-3)24(31)17-30(36(4,33)34)19-11-12-21(26)22(27)15-19/h8-12,14-15,23H,5-7,13,16-17H2,1-4H3,(H,28,32). The van der Waals surface area contributed by atoms with Crippen molar-refractivity contribution < 1.29 is 31.5 Å². The van der Waals surface area contributed by atoms with Crippen LogP contribution >= 0.6 is 0 Å². The van der Waals surface area contributed by atoms with Crippen LogP contribution in [0.15, 0.2) is 42.5 Å². The van der Waals surface area contributed by atoms with Crippen LogP contribution in [0.4, 0.5) is 14.5 Å². The van der Waals surface area contributed by atoms with Crippen LogP contribution in [0.2, 0.25) is 0 Å². The summed E-state index contributed by atoms with van der Waals surface area (Å²) in [5.41, 5.74) is 0.466. The average molecular weight is 526 g/mol. The third-order valence-electron chi connectivity index (χ3n) is 5.57. The Kier molecular flexibility index (Phi) is 10.6. The number of nitrogens with zero attached hydrogens (tertiary/aromatic N) is 2. The maximum Gasteiger partial charge on any atom is 0.244 e. The number of hydrogen-bond acceptors (Lipinski definition) is 5. The summed E-state index contributed by atoms with van der Waals surface area (Å²) >= 11 is 0. The van der Waals surface area contributed by atoms with Crippen LogP contribution in [0.1, 0.15) is 38.7 Å². The summed E-state index contributed by atoms with van der Waals surface area (Å²) in [5, 5.41) is 2.83. The summed E-state index contributed by atoms with van der Waals surface area (Å²) in [5.74, 6) is -2.87. The van der Waals surface area contributed by atoms with Crippen molar-refractivity contribution in [2.75, 3.05) is 30.8 Å². The van der Waals surface area contributed by atoms with Crippen molar-refractivity contribution in [1.29, 1.82) is 0 Å². The van der Waals surface area contributed by atoms with Gasteiger partial charge in [-0.15, -0.1) is 0 Å². The Morgan fingerprint density at radius 2 is 1.81 bits per heavy atom. The number of benzene rings is 2. The van der Waals surface area contributed by atoms with Crippen LogP contribution in [0.5, 0.6) is 5.75 Å². The van der Waals surface area contributed by atoms with Gasteiger partial charge in [0.05, 0.1) is 19.1 Å². The van der Waals surface area contributed by atoms with Gasteiger partial charge in [0.15, 0.2) is 11.6 Å². The Morgan fingerprint density at radius 1 is 1.08 bits per heavy atom. The van der Waals surface area contributed by atoms with E-state index in [1.54, 1.807) is 31.2 Å². The van der Waals surface area contributed by atoms with E-state index in [1.165, 1.54) is 12.0 Å². The maximum absolute atomic E-state index is 13.9. The first-order valence-corrected chi connectivity index (χ1v) is 13.5. The number of nitrogens with one attached hydrogen (secondary N) is 1. The van der Waals surface area contributed by atoms with Gasteiger partial charge in [-0.25, -0.2) is 17.2 Å². The molecule has 0 radical (unpaired) electrons. The van der Waals surface area contributed by atoms with Crippen LogP contribution in [0.25, 0.3) is 0 Å². The molecule has 11 heteroatoms. The highest BCUT2D eigenvalue weighted by Crippen LogP contribution is 2.22. The van der Waals surface area contributed by atoms with E-state index in [0.717, 1.165) is 31.2 Å². The zero-order chi connectivity index (χ0) is 26.9. The van der Waals surface area contributed by atoms with Crippen molar-refractivity contribution in [3.8, 4) is 5.75 Å². The van der Waals surface area contributed by atoms with E-state index in [-0.39, 0.29) is 24.6 Å². The van der Waals surface area contributed by atoms with Gasteiger partial charge in [0, 0.05) is 19.2 Å². The SMILES string of the molecule is CCCCNC(=O)C(CC)N(Cc1cccc(OC)c1)C(=O)CN(c1ccc(F)c(F)c1)S(C)(=O)=O. The topological polar surface area (TPSA) is 96.0 Å². The molecule has 0 aliphatic rings. The Labute approximate surface area is 211 Å². The summed E-state index contributed by atoms with van der Waals surface area (Å²) in [6.07, 6.45) is 2.78. The van der Waals surface area contributed by atoms with Gasteiger partial charge in [-0.05, 0) is 42.7 Å². The van der Waals surface area contributed by atoms with Crippen LogP contribution in [0.3, 0.4) is 0 Å². The molecule has 0 fully saturated rings. The smallest absolute Gasteiger partial charge is 0.244 e. The van der Waals surface area contributed by atoms with Gasteiger partial charge in [0.1, 0.15) is 18.3 Å². The molecule has 8 nitrogen and oxygen atoms in total. The summed E-state index contributed by atoms with van der Waals surface area (Å²) in [4.78, 5) is 27.8. The van der Waals surface area contributed by atoms with Crippen molar-refractivity contribution in [2.45, 2.75) is 45.7 Å². The minimum atomic E-state index is -4.05. The fourth-order valence-electron chi connectivity index (χ4n) is 3.65. The first kappa shape index (κ1) is 29.0. The number of anilines is 1. The maximum atomic E-state index is 13.9. The van der Waals surface area contributed by atoms with Gasteiger partial charge in [-0.1, -0.05) is 32.4 Å². The third-order valence-corrected chi connectivity index (χ3v) is 6.71. The normalized spacial score (nSPS) is 12.1. The van der Waals surface area contributed by atoms with Crippen molar-refractivity contribution in [1.82, 2.24) is 10.2 Å². The molecule has 1 unspecified atom stereocenters. The molecule has 2 amide bonds. The van der Waals surface area contributed by atoms with Crippen molar-refractivity contribution in [3.05, 3.63) is 59.7 Å². The molecule has 198 valence electrons. The molecular formula is C25H33F2N3O5S. The van der Waals surface area contributed by atoms with Crippen LogP contribution in [0, 0.1) is 11.6 Å². The van der Waals surface area contributed by atoms with Crippen molar-refractivity contribution in [3.63, 3.8) is 0 Å². The second-order valence-electron chi connectivity index (χ2n) is 8.31. The van der Waals surface area contributed by atoms with Gasteiger partial charge < -0.3 is 15.0 Å². The first-order valence-electron chi connectivity index (χ1n) is 11.6. The fraction of sp³-hybridized carbons (Fsp3) is 0.440. The monoisotopic (exact) mass is 525 g/mol. The summed E-state index contributed by atoms with van der Waals surface area (Å²) in [6, 6.07) is 8.64. The molecule has 2 aromatic carbocycles. The largest absolute Gasteiger partial charge is 0.497 e. The predicted octanol–water partition coefficient (Wildman–Crippen LogP) is 3.46. The highest BCUT2D eigenvalue weighted by molar-refractivity contribution is 7.92. The fourth-order valence-corrected chi connectivity index (χ4v) is 4.49. The van der Waals surface area contributed by atoms with Crippen LogP contribution < -0.4 is 14.4 Å². The number of methoxy groups -OCH3 is 1. The number of unbranched alkanes of at least 4 members (excludes halogenated alkanes) is 1. The summed E-state index contributed by atoms with van der Waals surface area (Å²) in [7, 11) is -2.55. The summed E-state index contributed by atoms with van der Waals surface area (Å²) < 4.78 is 58.3. The molecule has 1 N–H and O–H groups in total. The number of rotatable bonds is 13. The van der Waals surface area contributed by atoms with Gasteiger partial charge in [-0.3, -0.25) is 13.9 Å². The average Bonchev–Trinajstić information content (AvgIpc) is 2.83. The zero-order valence-corrected chi connectivity index (χ0v) is 21.8. The molecule has 2 aromatic rings. The van der Waals surface area contributed by atoms with E-state index < -0.39 is 40.2 Å². The molecule has 0 aliphatic carbocycles. The molecular weight excluding hydrogens is 492 g/mol. The number of halogens is 2. The lowest BCUT2D eigenvalue weighted by molar-refractivity contribution is -0.140. The number of hydrogen-bond donors (Lipinski definition) is 1. The third kappa shape index (κ3) is 7.91. The van der Waals surface area contributed by atoms with E-state index in [9.17, 15) is 26.8 Å². The number of sulfonamides is 1. The number of amides is 2. The molecule has 0 saturated heterocycles. The van der Waals surface area contributed by atoms with E-state index in [1.807, 2.05) is 6.92 Å². The van der Waals surface area contributed by atoms with Crippen molar-refractivity contribution >= 4 is 27.5 Å². The van der Waals surface area contributed by atoms with E-state index in [0.29, 0.717) is 28.2 Å². The van der Waals surface area contributed by atoms with Crippen LogP contribution in [-0.2, 0) is 26.2 Å². The molecule has 0 bridgehead atoms. The molecule has 0 heterocycles. The lowest BCUT2D eigenvalue weighted by Crippen LogP contribution is -2.52. The van der Waals surface area contributed by atoms with Gasteiger partial charge in [0.2, 0.25) is 21.8 Å². The van der Waals surface area contributed by atoms with Crippen molar-refractivity contribution in [2.24, 2.45) is 0 Å². The first-order chi connectivity index (χ1) is 17.0. The Hall–Kier alpha value is -3.21. The summed E-state index contributed by atoms with van der Waals surface area (Å²) in [6.45, 7) is 3.48. The van der Waals surface area contributed by atoms with E-state index in [4.69, 9.17) is 4.74 Å².